The number of nitrogens with zero attached hydrogens (tertiary/aromatic N) is 3. The zero-order chi connectivity index (χ0) is 17.8. The molecule has 1 N–H and O–H groups in total. The predicted octanol–water partition coefficient (Wildman–Crippen LogP) is 3.32. The number of fused-ring (bicyclic) bond motifs is 1. The van der Waals surface area contributed by atoms with Gasteiger partial charge in [-0.05, 0) is 25.3 Å². The first-order valence-corrected chi connectivity index (χ1v) is 8.20. The molecule has 0 amide bonds. The van der Waals surface area contributed by atoms with E-state index in [4.69, 9.17) is 9.26 Å². The number of carbonyl (C=O) groups is 1. The standard InChI is InChI=1S/C18H20N4O3/c1-4-24-18(23)16-20-15(14-12(3)22-25-17(14)21-16)19-10-11(2)13-8-6-5-7-9-13/h5-9,11H,4,10H2,1-3H3,(H,19,20,21)/t11-/m0/s1. The van der Waals surface area contributed by atoms with Crippen LogP contribution in [0.2, 0.25) is 0 Å². The monoisotopic (exact) mass is 340 g/mol. The number of hydrogen-bond acceptors (Lipinski definition) is 7. The van der Waals surface area contributed by atoms with Crippen LogP contribution in [-0.2, 0) is 4.74 Å². The van der Waals surface area contributed by atoms with Crippen molar-refractivity contribution in [2.75, 3.05) is 18.5 Å². The molecule has 0 aliphatic heterocycles. The van der Waals surface area contributed by atoms with E-state index in [0.717, 1.165) is 0 Å². The molecule has 0 saturated heterocycles. The molecule has 0 fully saturated rings. The molecule has 1 atom stereocenters. The second kappa shape index (κ2) is 7.29. The van der Waals surface area contributed by atoms with E-state index >= 15 is 0 Å². The van der Waals surface area contributed by atoms with Crippen molar-refractivity contribution in [3.8, 4) is 0 Å². The van der Waals surface area contributed by atoms with Crippen molar-refractivity contribution < 1.29 is 14.1 Å². The first-order valence-electron chi connectivity index (χ1n) is 8.20. The summed E-state index contributed by atoms with van der Waals surface area (Å²) in [7, 11) is 0. The summed E-state index contributed by atoms with van der Waals surface area (Å²) >= 11 is 0. The molecule has 0 aliphatic rings. The largest absolute Gasteiger partial charge is 0.460 e. The molecular formula is C18H20N4O3. The van der Waals surface area contributed by atoms with Gasteiger partial charge in [0.1, 0.15) is 11.2 Å². The quantitative estimate of drug-likeness (QED) is 0.688. The Morgan fingerprint density at radius 2 is 2.04 bits per heavy atom. The Labute approximate surface area is 145 Å². The van der Waals surface area contributed by atoms with Gasteiger partial charge in [0.25, 0.3) is 5.71 Å². The zero-order valence-corrected chi connectivity index (χ0v) is 14.4. The van der Waals surface area contributed by atoms with Crippen molar-refractivity contribution >= 4 is 22.9 Å². The Morgan fingerprint density at radius 3 is 2.76 bits per heavy atom. The Hall–Kier alpha value is -2.96. The second-order valence-corrected chi connectivity index (χ2v) is 5.76. The first kappa shape index (κ1) is 16.9. The van der Waals surface area contributed by atoms with Crippen LogP contribution in [0.3, 0.4) is 0 Å². The molecule has 25 heavy (non-hydrogen) atoms. The maximum Gasteiger partial charge on any atom is 0.376 e. The van der Waals surface area contributed by atoms with Crippen LogP contribution in [0.25, 0.3) is 11.1 Å². The van der Waals surface area contributed by atoms with Gasteiger partial charge < -0.3 is 14.6 Å². The lowest BCUT2D eigenvalue weighted by Crippen LogP contribution is -2.15. The van der Waals surface area contributed by atoms with Crippen LogP contribution in [0.4, 0.5) is 5.82 Å². The lowest BCUT2D eigenvalue weighted by Gasteiger charge is -2.14. The third kappa shape index (κ3) is 3.60. The van der Waals surface area contributed by atoms with E-state index < -0.39 is 5.97 Å². The molecule has 0 spiro atoms. The Balaban J connectivity index is 1.88. The van der Waals surface area contributed by atoms with E-state index in [-0.39, 0.29) is 24.1 Å². The number of ether oxygens (including phenoxy) is 1. The predicted molar refractivity (Wildman–Crippen MR) is 93.6 cm³/mol. The van der Waals surface area contributed by atoms with Gasteiger partial charge in [0, 0.05) is 6.54 Å². The normalized spacial score (nSPS) is 12.1. The van der Waals surface area contributed by atoms with Gasteiger partial charge in [-0.1, -0.05) is 42.4 Å². The Kier molecular flexibility index (Phi) is 4.92. The topological polar surface area (TPSA) is 90.1 Å². The molecule has 7 nitrogen and oxygen atoms in total. The molecule has 0 unspecified atom stereocenters. The van der Waals surface area contributed by atoms with Gasteiger partial charge in [-0.25, -0.2) is 9.78 Å². The molecule has 3 rings (SSSR count). The van der Waals surface area contributed by atoms with Crippen LogP contribution < -0.4 is 5.32 Å². The highest BCUT2D eigenvalue weighted by atomic mass is 16.5. The lowest BCUT2D eigenvalue weighted by atomic mass is 10.0. The average molecular weight is 340 g/mol. The number of rotatable bonds is 6. The van der Waals surface area contributed by atoms with Crippen molar-refractivity contribution in [1.29, 1.82) is 0 Å². The fraction of sp³-hybridized carbons (Fsp3) is 0.333. The molecule has 0 saturated carbocycles. The second-order valence-electron chi connectivity index (χ2n) is 5.76. The van der Waals surface area contributed by atoms with Gasteiger partial charge in [-0.15, -0.1) is 0 Å². The Morgan fingerprint density at radius 1 is 1.28 bits per heavy atom. The van der Waals surface area contributed by atoms with Crippen LogP contribution in [0.5, 0.6) is 0 Å². The van der Waals surface area contributed by atoms with Crippen LogP contribution in [0.15, 0.2) is 34.9 Å². The number of esters is 1. The molecule has 0 aliphatic carbocycles. The first-order chi connectivity index (χ1) is 12.1. The van der Waals surface area contributed by atoms with E-state index in [1.165, 1.54) is 5.56 Å². The molecule has 3 aromatic rings. The number of carbonyl (C=O) groups excluding carboxylic acids is 1. The molecule has 0 bridgehead atoms. The van der Waals surface area contributed by atoms with E-state index in [2.05, 4.69) is 39.5 Å². The molecule has 2 aromatic heterocycles. The fourth-order valence-corrected chi connectivity index (χ4v) is 2.55. The molecule has 1 aromatic carbocycles. The number of aromatic nitrogens is 3. The van der Waals surface area contributed by atoms with Crippen molar-refractivity contribution in [3.63, 3.8) is 0 Å². The molecule has 130 valence electrons. The van der Waals surface area contributed by atoms with Crippen molar-refractivity contribution in [2.24, 2.45) is 0 Å². The van der Waals surface area contributed by atoms with Crippen LogP contribution in [0, 0.1) is 6.92 Å². The maximum atomic E-state index is 12.0. The lowest BCUT2D eigenvalue weighted by molar-refractivity contribution is 0.0512. The zero-order valence-electron chi connectivity index (χ0n) is 14.4. The summed E-state index contributed by atoms with van der Waals surface area (Å²) in [5.41, 5.74) is 2.15. The summed E-state index contributed by atoms with van der Waals surface area (Å²) in [6.07, 6.45) is 0. The summed E-state index contributed by atoms with van der Waals surface area (Å²) in [6.45, 7) is 6.56. The van der Waals surface area contributed by atoms with Crippen molar-refractivity contribution in [3.05, 3.63) is 47.4 Å². The van der Waals surface area contributed by atoms with Crippen LogP contribution >= 0.6 is 0 Å². The highest BCUT2D eigenvalue weighted by Gasteiger charge is 2.20. The fourth-order valence-electron chi connectivity index (χ4n) is 2.55. The number of aryl methyl sites for hydroxylation is 1. The SMILES string of the molecule is CCOC(=O)c1nc(NC[C@H](C)c2ccccc2)c2c(C)noc2n1. The number of benzene rings is 1. The van der Waals surface area contributed by atoms with Gasteiger partial charge in [0.2, 0.25) is 5.82 Å². The van der Waals surface area contributed by atoms with E-state index in [0.29, 0.717) is 23.4 Å². The number of nitrogens with one attached hydrogen (secondary N) is 1. The van der Waals surface area contributed by atoms with E-state index in [1.54, 1.807) is 6.92 Å². The van der Waals surface area contributed by atoms with Crippen molar-refractivity contribution in [1.82, 2.24) is 15.1 Å². The average Bonchev–Trinajstić information content (AvgIpc) is 3.01. The van der Waals surface area contributed by atoms with Gasteiger partial charge in [-0.3, -0.25) is 0 Å². The van der Waals surface area contributed by atoms with Gasteiger partial charge >= 0.3 is 5.97 Å². The third-order valence-corrected chi connectivity index (χ3v) is 3.91. The van der Waals surface area contributed by atoms with Crippen LogP contribution in [0.1, 0.15) is 41.6 Å². The number of anilines is 1. The summed E-state index contributed by atoms with van der Waals surface area (Å²) in [6, 6.07) is 10.2. The summed E-state index contributed by atoms with van der Waals surface area (Å²) in [5.74, 6) is 0.157. The summed E-state index contributed by atoms with van der Waals surface area (Å²) in [5, 5.41) is 7.88. The minimum absolute atomic E-state index is 0.0413. The van der Waals surface area contributed by atoms with E-state index in [9.17, 15) is 4.79 Å². The van der Waals surface area contributed by atoms with E-state index in [1.807, 2.05) is 25.1 Å². The summed E-state index contributed by atoms with van der Waals surface area (Å²) < 4.78 is 10.2. The maximum absolute atomic E-state index is 12.0. The molecule has 2 heterocycles. The van der Waals surface area contributed by atoms with Crippen molar-refractivity contribution in [2.45, 2.75) is 26.7 Å². The van der Waals surface area contributed by atoms with Gasteiger partial charge in [-0.2, -0.15) is 4.98 Å². The third-order valence-electron chi connectivity index (χ3n) is 3.91. The Bertz CT molecular complexity index is 877. The smallest absolute Gasteiger partial charge is 0.376 e. The number of hydrogen-bond donors (Lipinski definition) is 1. The van der Waals surface area contributed by atoms with Gasteiger partial charge in [0.05, 0.1) is 12.3 Å². The summed E-state index contributed by atoms with van der Waals surface area (Å²) in [4.78, 5) is 20.4. The minimum Gasteiger partial charge on any atom is -0.460 e. The minimum atomic E-state index is -0.586. The molecule has 7 heteroatoms. The van der Waals surface area contributed by atoms with Gasteiger partial charge in [0.15, 0.2) is 0 Å². The molecule has 0 radical (unpaired) electrons. The highest BCUT2D eigenvalue weighted by molar-refractivity contribution is 5.93. The van der Waals surface area contributed by atoms with Crippen LogP contribution in [-0.4, -0.2) is 34.2 Å². The highest BCUT2D eigenvalue weighted by Crippen LogP contribution is 2.25. The molecular weight excluding hydrogens is 320 g/mol.